The third kappa shape index (κ3) is 3.04. The molecular formula is C15H24N2O2S. The predicted octanol–water partition coefficient (Wildman–Crippen LogP) is 3.65. The molecule has 112 valence electrons. The van der Waals surface area contributed by atoms with Crippen LogP contribution in [-0.2, 0) is 11.0 Å². The lowest BCUT2D eigenvalue weighted by Crippen LogP contribution is -2.36. The van der Waals surface area contributed by atoms with Gasteiger partial charge in [0.25, 0.3) is 0 Å². The Morgan fingerprint density at radius 3 is 2.20 bits per heavy atom. The Bertz CT molecular complexity index is 494. The first-order chi connectivity index (χ1) is 9.24. The molecule has 0 unspecified atom stereocenters. The Morgan fingerprint density at radius 2 is 1.80 bits per heavy atom. The Kier molecular flexibility index (Phi) is 4.21. The van der Waals surface area contributed by atoms with Gasteiger partial charge in [-0.2, -0.15) is 0 Å². The molecule has 0 spiro atoms. The molecule has 0 saturated heterocycles. The first-order valence-electron chi connectivity index (χ1n) is 7.28. The highest BCUT2D eigenvalue weighted by molar-refractivity contribution is 7.13. The molecule has 0 aliphatic heterocycles. The third-order valence-corrected chi connectivity index (χ3v) is 5.22. The van der Waals surface area contributed by atoms with Crippen molar-refractivity contribution in [2.24, 2.45) is 5.73 Å². The minimum Gasteiger partial charge on any atom is -0.477 e. The number of nitrogens with zero attached hydrogens (tertiary/aromatic N) is 1. The molecule has 0 radical (unpaired) electrons. The highest BCUT2D eigenvalue weighted by Gasteiger charge is 2.35. The normalized spacial score (nSPS) is 19.6. The van der Waals surface area contributed by atoms with Crippen LogP contribution in [-0.4, -0.2) is 16.1 Å². The predicted molar refractivity (Wildman–Crippen MR) is 81.3 cm³/mol. The smallest absolute Gasteiger partial charge is 0.347 e. The Labute approximate surface area is 124 Å². The van der Waals surface area contributed by atoms with Crippen LogP contribution in [0.5, 0.6) is 0 Å². The summed E-state index contributed by atoms with van der Waals surface area (Å²) in [5.74, 6) is -0.893. The van der Waals surface area contributed by atoms with Gasteiger partial charge < -0.3 is 10.8 Å². The minimum atomic E-state index is -0.893. The van der Waals surface area contributed by atoms with E-state index >= 15 is 0 Å². The van der Waals surface area contributed by atoms with Crippen LogP contribution in [0.4, 0.5) is 0 Å². The zero-order valence-electron chi connectivity index (χ0n) is 12.5. The molecule has 1 saturated carbocycles. The summed E-state index contributed by atoms with van der Waals surface area (Å²) in [6, 6.07) is 0. The first-order valence-corrected chi connectivity index (χ1v) is 8.10. The molecule has 4 nitrogen and oxygen atoms in total. The van der Waals surface area contributed by atoms with Crippen molar-refractivity contribution in [1.29, 1.82) is 0 Å². The van der Waals surface area contributed by atoms with Gasteiger partial charge in [0.05, 0.1) is 11.2 Å². The minimum absolute atomic E-state index is 0.274. The fourth-order valence-electron chi connectivity index (χ4n) is 2.76. The second-order valence-corrected chi connectivity index (χ2v) is 7.82. The van der Waals surface area contributed by atoms with Crippen molar-refractivity contribution >= 4 is 17.3 Å². The lowest BCUT2D eigenvalue weighted by atomic mass is 9.90. The van der Waals surface area contributed by atoms with Crippen molar-refractivity contribution < 1.29 is 9.90 Å². The zero-order chi connectivity index (χ0) is 15.0. The Hall–Kier alpha value is -0.940. The van der Waals surface area contributed by atoms with Crippen LogP contribution in [0.2, 0.25) is 0 Å². The van der Waals surface area contributed by atoms with E-state index in [4.69, 9.17) is 5.73 Å². The van der Waals surface area contributed by atoms with E-state index in [-0.39, 0.29) is 5.41 Å². The van der Waals surface area contributed by atoms with E-state index < -0.39 is 11.5 Å². The van der Waals surface area contributed by atoms with E-state index in [1.807, 2.05) is 20.8 Å². The standard InChI is InChI=1S/C15H24N2O2S/c1-14(2,3)11-10(12(18)19)20-13(17-11)15(16)8-6-4-5-7-9-15/h4-9,16H2,1-3H3,(H,18,19). The molecule has 0 atom stereocenters. The summed E-state index contributed by atoms with van der Waals surface area (Å²) in [5.41, 5.74) is 6.52. The molecule has 20 heavy (non-hydrogen) atoms. The maximum absolute atomic E-state index is 11.5. The van der Waals surface area contributed by atoms with E-state index in [0.29, 0.717) is 10.6 Å². The molecule has 1 aromatic rings. The summed E-state index contributed by atoms with van der Waals surface area (Å²) in [6.45, 7) is 5.98. The summed E-state index contributed by atoms with van der Waals surface area (Å²) in [7, 11) is 0. The molecule has 2 rings (SSSR count). The number of aromatic carboxylic acids is 1. The molecular weight excluding hydrogens is 272 g/mol. The molecule has 1 aliphatic carbocycles. The van der Waals surface area contributed by atoms with Crippen LogP contribution in [0.3, 0.4) is 0 Å². The van der Waals surface area contributed by atoms with Gasteiger partial charge in [0, 0.05) is 5.41 Å². The number of rotatable bonds is 2. The topological polar surface area (TPSA) is 76.2 Å². The maximum atomic E-state index is 11.5. The second-order valence-electron chi connectivity index (χ2n) is 6.82. The van der Waals surface area contributed by atoms with E-state index in [2.05, 4.69) is 4.98 Å². The summed E-state index contributed by atoms with van der Waals surface area (Å²) >= 11 is 1.27. The first kappa shape index (κ1) is 15.4. The number of hydrogen-bond acceptors (Lipinski definition) is 4. The van der Waals surface area contributed by atoms with E-state index in [1.54, 1.807) is 0 Å². The highest BCUT2D eigenvalue weighted by atomic mass is 32.1. The van der Waals surface area contributed by atoms with E-state index in [9.17, 15) is 9.90 Å². The zero-order valence-corrected chi connectivity index (χ0v) is 13.3. The van der Waals surface area contributed by atoms with Crippen LogP contribution in [0.1, 0.15) is 79.7 Å². The van der Waals surface area contributed by atoms with Crippen LogP contribution in [0.15, 0.2) is 0 Å². The van der Waals surface area contributed by atoms with Crippen molar-refractivity contribution in [1.82, 2.24) is 4.98 Å². The number of carboxylic acids is 1. The van der Waals surface area contributed by atoms with Crippen LogP contribution in [0, 0.1) is 0 Å². The second kappa shape index (κ2) is 5.45. The lowest BCUT2D eigenvalue weighted by molar-refractivity contribution is 0.0699. The van der Waals surface area contributed by atoms with E-state index in [1.165, 1.54) is 24.2 Å². The molecule has 1 heterocycles. The summed E-state index contributed by atoms with van der Waals surface area (Å²) in [4.78, 5) is 16.5. The SMILES string of the molecule is CC(C)(C)c1nc(C2(N)CCCCCC2)sc1C(=O)O. The van der Waals surface area contributed by atoms with Gasteiger partial charge in [-0.1, -0.05) is 46.5 Å². The number of hydrogen-bond donors (Lipinski definition) is 2. The van der Waals surface area contributed by atoms with Crippen molar-refractivity contribution in [3.8, 4) is 0 Å². The van der Waals surface area contributed by atoms with Gasteiger partial charge in [-0.05, 0) is 12.8 Å². The molecule has 0 aromatic carbocycles. The van der Waals surface area contributed by atoms with Crippen molar-refractivity contribution in [3.05, 3.63) is 15.6 Å². The molecule has 5 heteroatoms. The van der Waals surface area contributed by atoms with Crippen molar-refractivity contribution in [2.75, 3.05) is 0 Å². The van der Waals surface area contributed by atoms with Crippen LogP contribution in [0.25, 0.3) is 0 Å². The Balaban J connectivity index is 2.44. The van der Waals surface area contributed by atoms with Gasteiger partial charge in [-0.3, -0.25) is 0 Å². The molecule has 1 aliphatic rings. The largest absolute Gasteiger partial charge is 0.477 e. The molecule has 1 fully saturated rings. The fourth-order valence-corrected chi connectivity index (χ4v) is 4.03. The maximum Gasteiger partial charge on any atom is 0.347 e. The summed E-state index contributed by atoms with van der Waals surface area (Å²) in [6.07, 6.45) is 6.43. The average molecular weight is 296 g/mol. The van der Waals surface area contributed by atoms with Gasteiger partial charge in [-0.15, -0.1) is 11.3 Å². The van der Waals surface area contributed by atoms with Gasteiger partial charge >= 0.3 is 5.97 Å². The van der Waals surface area contributed by atoms with E-state index in [0.717, 1.165) is 30.7 Å². The Morgan fingerprint density at radius 1 is 1.25 bits per heavy atom. The van der Waals surface area contributed by atoms with Crippen LogP contribution >= 0.6 is 11.3 Å². The summed E-state index contributed by atoms with van der Waals surface area (Å²) in [5, 5.41) is 10.2. The quantitative estimate of drug-likeness (QED) is 0.817. The molecule has 0 amide bonds. The van der Waals surface area contributed by atoms with Crippen molar-refractivity contribution in [2.45, 2.75) is 70.3 Å². The van der Waals surface area contributed by atoms with Crippen molar-refractivity contribution in [3.63, 3.8) is 0 Å². The van der Waals surface area contributed by atoms with Gasteiger partial charge in [0.15, 0.2) is 0 Å². The third-order valence-electron chi connectivity index (χ3n) is 3.95. The number of carbonyl (C=O) groups is 1. The fraction of sp³-hybridized carbons (Fsp3) is 0.733. The molecule has 3 N–H and O–H groups in total. The summed E-state index contributed by atoms with van der Waals surface area (Å²) < 4.78 is 0. The molecule has 1 aromatic heterocycles. The number of aromatic nitrogens is 1. The van der Waals surface area contributed by atoms with Gasteiger partial charge in [0.1, 0.15) is 9.88 Å². The van der Waals surface area contributed by atoms with Crippen LogP contribution < -0.4 is 5.73 Å². The van der Waals surface area contributed by atoms with Gasteiger partial charge in [-0.25, -0.2) is 9.78 Å². The number of nitrogens with two attached hydrogens (primary N) is 1. The number of thiazole rings is 1. The number of carboxylic acid groups (broad SMARTS) is 1. The monoisotopic (exact) mass is 296 g/mol. The van der Waals surface area contributed by atoms with Gasteiger partial charge in [0.2, 0.25) is 0 Å². The molecule has 0 bridgehead atoms. The highest BCUT2D eigenvalue weighted by Crippen LogP contribution is 2.39. The lowest BCUT2D eigenvalue weighted by Gasteiger charge is -2.25. The average Bonchev–Trinajstić information content (AvgIpc) is 2.69.